The van der Waals surface area contributed by atoms with E-state index in [-0.39, 0.29) is 17.3 Å². The molecule has 1 saturated heterocycles. The van der Waals surface area contributed by atoms with Crippen LogP contribution in [0.1, 0.15) is 21.5 Å². The molecule has 34 heavy (non-hydrogen) atoms. The Kier molecular flexibility index (Phi) is 5.17. The summed E-state index contributed by atoms with van der Waals surface area (Å²) in [5.74, 6) is 0.737. The number of fused-ring (bicyclic) bond motifs is 2. The number of ether oxygens (including phenoxy) is 1. The molecule has 1 aromatic heterocycles. The van der Waals surface area contributed by atoms with E-state index in [4.69, 9.17) is 4.74 Å². The standard InChI is InChI=1S/C28H25N3O3/c32-26-21(18-6-2-1-3-7-18)15-22-27(33)25(14-19-16-30-24-9-5-4-8-20(19)24)34-28(22)23(26)17-31-12-10-29-11-13-31/h1-9,14-16,29-30,32H,10-13,17H2. The van der Waals surface area contributed by atoms with E-state index in [1.165, 1.54) is 0 Å². The van der Waals surface area contributed by atoms with Crippen LogP contribution in [0, 0.1) is 0 Å². The quantitative estimate of drug-likeness (QED) is 0.397. The second-order valence-electron chi connectivity index (χ2n) is 8.75. The van der Waals surface area contributed by atoms with E-state index in [1.54, 1.807) is 12.1 Å². The van der Waals surface area contributed by atoms with Gasteiger partial charge in [0.25, 0.3) is 0 Å². The van der Waals surface area contributed by atoms with Crippen LogP contribution in [-0.4, -0.2) is 47.0 Å². The Morgan fingerprint density at radius 1 is 1.00 bits per heavy atom. The number of Topliss-reactive ketones (excluding diaryl/α,β-unsaturated/α-hetero) is 1. The summed E-state index contributed by atoms with van der Waals surface area (Å²) in [7, 11) is 0. The topological polar surface area (TPSA) is 77.6 Å². The number of phenols is 1. The first kappa shape index (κ1) is 20.7. The number of allylic oxidation sites excluding steroid dienone is 1. The molecule has 0 atom stereocenters. The lowest BCUT2D eigenvalue weighted by molar-refractivity contribution is 0.101. The zero-order valence-corrected chi connectivity index (χ0v) is 18.7. The molecule has 3 heterocycles. The fourth-order valence-electron chi connectivity index (χ4n) is 4.81. The van der Waals surface area contributed by atoms with Crippen LogP contribution in [0.3, 0.4) is 0 Å². The van der Waals surface area contributed by atoms with Crippen molar-refractivity contribution in [2.75, 3.05) is 26.2 Å². The monoisotopic (exact) mass is 451 g/mol. The van der Waals surface area contributed by atoms with E-state index in [1.807, 2.05) is 60.8 Å². The molecule has 170 valence electrons. The van der Waals surface area contributed by atoms with Gasteiger partial charge in [0.15, 0.2) is 5.76 Å². The van der Waals surface area contributed by atoms with Crippen molar-refractivity contribution >= 4 is 22.8 Å². The van der Waals surface area contributed by atoms with Crippen molar-refractivity contribution in [2.24, 2.45) is 0 Å². The normalized spacial score (nSPS) is 17.3. The molecule has 0 amide bonds. The summed E-state index contributed by atoms with van der Waals surface area (Å²) in [5, 5.41) is 15.7. The van der Waals surface area contributed by atoms with Crippen LogP contribution in [0.2, 0.25) is 0 Å². The third-order valence-corrected chi connectivity index (χ3v) is 6.61. The number of aromatic amines is 1. The van der Waals surface area contributed by atoms with Crippen molar-refractivity contribution in [2.45, 2.75) is 6.54 Å². The molecule has 3 aromatic carbocycles. The highest BCUT2D eigenvalue weighted by atomic mass is 16.5. The van der Waals surface area contributed by atoms with E-state index in [0.29, 0.717) is 29.0 Å². The average molecular weight is 452 g/mol. The Balaban J connectivity index is 1.46. The zero-order valence-electron chi connectivity index (χ0n) is 18.7. The maximum atomic E-state index is 13.5. The summed E-state index contributed by atoms with van der Waals surface area (Å²) in [5.41, 5.74) is 4.56. The van der Waals surface area contributed by atoms with Crippen molar-refractivity contribution in [1.82, 2.24) is 15.2 Å². The molecular formula is C28H25N3O3. The zero-order chi connectivity index (χ0) is 23.1. The summed E-state index contributed by atoms with van der Waals surface area (Å²) >= 11 is 0. The van der Waals surface area contributed by atoms with Crippen LogP contribution in [-0.2, 0) is 6.54 Å². The number of para-hydroxylation sites is 1. The molecule has 0 spiro atoms. The number of rotatable bonds is 4. The minimum Gasteiger partial charge on any atom is -0.507 e. The second-order valence-corrected chi connectivity index (χ2v) is 8.75. The maximum absolute atomic E-state index is 13.5. The molecule has 0 saturated carbocycles. The fraction of sp³-hybridized carbons (Fsp3) is 0.179. The van der Waals surface area contributed by atoms with E-state index >= 15 is 0 Å². The van der Waals surface area contributed by atoms with Gasteiger partial charge in [0.2, 0.25) is 5.78 Å². The van der Waals surface area contributed by atoms with Crippen molar-refractivity contribution in [1.29, 1.82) is 0 Å². The van der Waals surface area contributed by atoms with Gasteiger partial charge in [0.1, 0.15) is 11.5 Å². The van der Waals surface area contributed by atoms with E-state index in [9.17, 15) is 9.90 Å². The van der Waals surface area contributed by atoms with E-state index < -0.39 is 0 Å². The van der Waals surface area contributed by atoms with Gasteiger partial charge < -0.3 is 20.1 Å². The van der Waals surface area contributed by atoms with Gasteiger partial charge in [-0.2, -0.15) is 0 Å². The maximum Gasteiger partial charge on any atom is 0.232 e. The highest BCUT2D eigenvalue weighted by Crippen LogP contribution is 2.45. The number of benzene rings is 3. The molecule has 2 aliphatic rings. The van der Waals surface area contributed by atoms with Crippen molar-refractivity contribution < 1.29 is 14.6 Å². The van der Waals surface area contributed by atoms with Gasteiger partial charge in [-0.1, -0.05) is 48.5 Å². The molecule has 6 heteroatoms. The molecule has 1 fully saturated rings. The van der Waals surface area contributed by atoms with Crippen LogP contribution in [0.25, 0.3) is 28.1 Å². The first-order valence-corrected chi connectivity index (χ1v) is 11.6. The first-order chi connectivity index (χ1) is 16.7. The van der Waals surface area contributed by atoms with Crippen LogP contribution in [0.5, 0.6) is 11.5 Å². The average Bonchev–Trinajstić information content (AvgIpc) is 3.43. The highest BCUT2D eigenvalue weighted by Gasteiger charge is 2.34. The SMILES string of the molecule is O=C1C(=Cc2c[nH]c3ccccc23)Oc2c1cc(-c1ccccc1)c(O)c2CN1CCNCC1. The Morgan fingerprint density at radius 3 is 2.59 bits per heavy atom. The predicted molar refractivity (Wildman–Crippen MR) is 133 cm³/mol. The summed E-state index contributed by atoms with van der Waals surface area (Å²) in [6, 6.07) is 19.4. The van der Waals surface area contributed by atoms with Gasteiger partial charge in [-0.25, -0.2) is 0 Å². The van der Waals surface area contributed by atoms with E-state index in [2.05, 4.69) is 15.2 Å². The Bertz CT molecular complexity index is 1420. The molecule has 0 unspecified atom stereocenters. The minimum atomic E-state index is -0.168. The van der Waals surface area contributed by atoms with Gasteiger partial charge in [-0.05, 0) is 23.8 Å². The number of carbonyl (C=O) groups excluding carboxylic acids is 1. The van der Waals surface area contributed by atoms with Gasteiger partial charge in [0.05, 0.1) is 11.1 Å². The molecular weight excluding hydrogens is 426 g/mol. The number of hydrogen-bond donors (Lipinski definition) is 3. The Hall–Kier alpha value is -3.87. The van der Waals surface area contributed by atoms with Crippen LogP contribution in [0.15, 0.2) is 72.6 Å². The number of aromatic hydroxyl groups is 1. The second kappa shape index (κ2) is 8.48. The number of piperazine rings is 1. The Labute approximate surface area is 197 Å². The van der Waals surface area contributed by atoms with Crippen LogP contribution < -0.4 is 10.1 Å². The smallest absolute Gasteiger partial charge is 0.232 e. The van der Waals surface area contributed by atoms with E-state index in [0.717, 1.165) is 48.2 Å². The van der Waals surface area contributed by atoms with Crippen molar-refractivity contribution in [3.63, 3.8) is 0 Å². The predicted octanol–water partition coefficient (Wildman–Crippen LogP) is 4.56. The largest absolute Gasteiger partial charge is 0.507 e. The molecule has 0 bridgehead atoms. The van der Waals surface area contributed by atoms with Crippen LogP contribution in [0.4, 0.5) is 0 Å². The summed E-state index contributed by atoms with van der Waals surface area (Å²) in [6.07, 6.45) is 3.67. The molecule has 0 aliphatic carbocycles. The summed E-state index contributed by atoms with van der Waals surface area (Å²) in [4.78, 5) is 19.0. The number of ketones is 1. The molecule has 3 N–H and O–H groups in total. The number of nitrogens with one attached hydrogen (secondary N) is 2. The molecule has 2 aliphatic heterocycles. The molecule has 0 radical (unpaired) electrons. The number of nitrogens with zero attached hydrogens (tertiary/aromatic N) is 1. The van der Waals surface area contributed by atoms with Gasteiger partial charge >= 0.3 is 0 Å². The van der Waals surface area contributed by atoms with Gasteiger partial charge in [-0.15, -0.1) is 0 Å². The summed E-state index contributed by atoms with van der Waals surface area (Å²) < 4.78 is 6.18. The molecule has 6 nitrogen and oxygen atoms in total. The number of phenolic OH excluding ortho intramolecular Hbond substituents is 1. The lowest BCUT2D eigenvalue weighted by Crippen LogP contribution is -2.42. The molecule has 6 rings (SSSR count). The van der Waals surface area contributed by atoms with Gasteiger partial charge in [0, 0.05) is 61.0 Å². The Morgan fingerprint density at radius 2 is 1.76 bits per heavy atom. The van der Waals surface area contributed by atoms with Crippen LogP contribution >= 0.6 is 0 Å². The lowest BCUT2D eigenvalue weighted by atomic mass is 9.95. The van der Waals surface area contributed by atoms with Gasteiger partial charge in [-0.3, -0.25) is 9.69 Å². The van der Waals surface area contributed by atoms with Crippen molar-refractivity contribution in [3.8, 4) is 22.6 Å². The minimum absolute atomic E-state index is 0.168. The third-order valence-electron chi connectivity index (χ3n) is 6.61. The molecule has 4 aromatic rings. The first-order valence-electron chi connectivity index (χ1n) is 11.6. The number of carbonyl (C=O) groups is 1. The third kappa shape index (κ3) is 3.57. The number of H-pyrrole nitrogens is 1. The number of aromatic nitrogens is 1. The number of hydrogen-bond acceptors (Lipinski definition) is 5. The highest BCUT2D eigenvalue weighted by molar-refractivity contribution is 6.16. The fourth-order valence-corrected chi connectivity index (χ4v) is 4.81. The summed E-state index contributed by atoms with van der Waals surface area (Å²) in [6.45, 7) is 4.05. The van der Waals surface area contributed by atoms with Crippen molar-refractivity contribution in [3.05, 3.63) is 89.3 Å². The lowest BCUT2D eigenvalue weighted by Gasteiger charge is -2.28.